The molecular formula is C21H26N2O5S. The van der Waals surface area contributed by atoms with Crippen LogP contribution >= 0.6 is 0 Å². The number of hydrogen-bond acceptors (Lipinski definition) is 5. The van der Waals surface area contributed by atoms with Gasteiger partial charge >= 0.3 is 0 Å². The van der Waals surface area contributed by atoms with Crippen LogP contribution in [-0.2, 0) is 26.1 Å². The van der Waals surface area contributed by atoms with Crippen LogP contribution in [0.25, 0.3) is 0 Å². The van der Waals surface area contributed by atoms with Gasteiger partial charge in [-0.15, -0.1) is 0 Å². The Morgan fingerprint density at radius 3 is 2.72 bits per heavy atom. The molecule has 1 aliphatic rings. The smallest absolute Gasteiger partial charge is 0.286 e. The van der Waals surface area contributed by atoms with Gasteiger partial charge in [-0.25, -0.2) is 0 Å². The number of hydrogen-bond donors (Lipinski definition) is 2. The minimum Gasteiger partial charge on any atom is -0.459 e. The summed E-state index contributed by atoms with van der Waals surface area (Å²) in [5.41, 5.74) is 1.63. The Balaban J connectivity index is 1.40. The fourth-order valence-electron chi connectivity index (χ4n) is 3.13. The minimum absolute atomic E-state index is 0.125. The van der Waals surface area contributed by atoms with E-state index >= 15 is 0 Å². The van der Waals surface area contributed by atoms with Crippen molar-refractivity contribution in [1.82, 2.24) is 5.32 Å². The van der Waals surface area contributed by atoms with E-state index in [9.17, 15) is 13.8 Å². The molecule has 2 aromatic rings. The van der Waals surface area contributed by atoms with Crippen LogP contribution in [0.5, 0.6) is 0 Å². The molecule has 0 bridgehead atoms. The molecule has 8 heteroatoms. The number of anilines is 1. The predicted octanol–water partition coefficient (Wildman–Crippen LogP) is 2.86. The van der Waals surface area contributed by atoms with Crippen molar-refractivity contribution in [3.8, 4) is 0 Å². The van der Waals surface area contributed by atoms with Gasteiger partial charge in [0.2, 0.25) is 5.91 Å². The first-order valence-corrected chi connectivity index (χ1v) is 11.2. The normalized spacial score (nSPS) is 15.6. The average Bonchev–Trinajstić information content (AvgIpc) is 3.27. The average molecular weight is 419 g/mol. The van der Waals surface area contributed by atoms with E-state index in [1.54, 1.807) is 12.1 Å². The fourth-order valence-corrected chi connectivity index (χ4v) is 4.59. The van der Waals surface area contributed by atoms with Crippen molar-refractivity contribution >= 4 is 28.3 Å². The molecule has 156 valence electrons. The third-order valence-electron chi connectivity index (χ3n) is 4.67. The monoisotopic (exact) mass is 418 g/mol. The molecule has 7 nitrogen and oxygen atoms in total. The summed E-state index contributed by atoms with van der Waals surface area (Å²) >= 11 is 0. The number of benzene rings is 1. The van der Waals surface area contributed by atoms with E-state index in [0.29, 0.717) is 37.6 Å². The van der Waals surface area contributed by atoms with E-state index in [-0.39, 0.29) is 29.2 Å². The highest BCUT2D eigenvalue weighted by Crippen LogP contribution is 2.19. The molecule has 0 radical (unpaired) electrons. The van der Waals surface area contributed by atoms with Crippen LogP contribution in [0, 0.1) is 0 Å². The molecule has 1 atom stereocenters. The largest absolute Gasteiger partial charge is 0.459 e. The molecule has 0 aliphatic carbocycles. The Morgan fingerprint density at radius 1 is 1.14 bits per heavy atom. The van der Waals surface area contributed by atoms with Crippen LogP contribution in [0.1, 0.15) is 41.8 Å². The van der Waals surface area contributed by atoms with Gasteiger partial charge in [-0.2, -0.15) is 0 Å². The molecule has 29 heavy (non-hydrogen) atoms. The number of rotatable bonds is 9. The van der Waals surface area contributed by atoms with Crippen molar-refractivity contribution in [3.05, 3.63) is 54.0 Å². The maximum atomic E-state index is 12.5. The molecule has 1 aromatic carbocycles. The number of amides is 2. The fraction of sp³-hybridized carbons (Fsp3) is 0.429. The van der Waals surface area contributed by atoms with Crippen LogP contribution < -0.4 is 10.6 Å². The Bertz CT molecular complexity index is 831. The number of furan rings is 1. The molecule has 2 amide bonds. The Hall–Kier alpha value is -2.45. The molecule has 2 N–H and O–H groups in total. The van der Waals surface area contributed by atoms with Crippen molar-refractivity contribution in [2.45, 2.75) is 36.7 Å². The summed E-state index contributed by atoms with van der Waals surface area (Å²) < 4.78 is 22.9. The molecule has 1 fully saturated rings. The number of ether oxygens (including phenoxy) is 1. The first-order valence-electron chi connectivity index (χ1n) is 9.77. The van der Waals surface area contributed by atoms with Gasteiger partial charge in [0, 0.05) is 53.7 Å². The van der Waals surface area contributed by atoms with Gasteiger partial charge in [0.25, 0.3) is 5.91 Å². The molecule has 1 aromatic heterocycles. The van der Waals surface area contributed by atoms with Gasteiger partial charge in [0.05, 0.1) is 6.26 Å². The lowest BCUT2D eigenvalue weighted by Gasteiger charge is -2.21. The van der Waals surface area contributed by atoms with Crippen molar-refractivity contribution in [2.24, 2.45) is 0 Å². The summed E-state index contributed by atoms with van der Waals surface area (Å²) in [5.74, 6) is 0.317. The molecule has 0 saturated carbocycles. The van der Waals surface area contributed by atoms with E-state index in [2.05, 4.69) is 10.6 Å². The van der Waals surface area contributed by atoms with Crippen molar-refractivity contribution < 1.29 is 23.0 Å². The quantitative estimate of drug-likeness (QED) is 0.610. The summed E-state index contributed by atoms with van der Waals surface area (Å²) in [4.78, 5) is 23.9. The van der Waals surface area contributed by atoms with E-state index in [0.717, 1.165) is 18.4 Å². The van der Waals surface area contributed by atoms with E-state index in [1.165, 1.54) is 6.26 Å². The topological polar surface area (TPSA) is 97.6 Å². The molecule has 1 aliphatic heterocycles. The highest BCUT2D eigenvalue weighted by molar-refractivity contribution is 7.84. The maximum absolute atomic E-state index is 12.5. The zero-order chi connectivity index (χ0) is 20.5. The highest BCUT2D eigenvalue weighted by atomic mass is 32.2. The molecule has 3 rings (SSSR count). The lowest BCUT2D eigenvalue weighted by atomic mass is 10.2. The van der Waals surface area contributed by atoms with E-state index in [1.807, 2.05) is 24.3 Å². The number of carbonyl (C=O) groups is 2. The summed E-state index contributed by atoms with van der Waals surface area (Å²) in [7, 11) is -0.942. The van der Waals surface area contributed by atoms with Crippen LogP contribution in [0.2, 0.25) is 0 Å². The third kappa shape index (κ3) is 6.83. The van der Waals surface area contributed by atoms with Crippen LogP contribution in [0.4, 0.5) is 5.69 Å². The summed E-state index contributed by atoms with van der Waals surface area (Å²) in [5, 5.41) is 5.75. The minimum atomic E-state index is -0.942. The van der Waals surface area contributed by atoms with E-state index in [4.69, 9.17) is 9.15 Å². The Labute approximate surface area is 172 Å². The molecule has 2 heterocycles. The van der Waals surface area contributed by atoms with Crippen molar-refractivity contribution in [2.75, 3.05) is 25.1 Å². The van der Waals surface area contributed by atoms with Gasteiger partial charge in [-0.1, -0.05) is 12.1 Å². The van der Waals surface area contributed by atoms with Gasteiger partial charge in [-0.05, 0) is 49.1 Å². The molecular weight excluding hydrogens is 392 g/mol. The number of nitrogens with one attached hydrogen (secondary N) is 2. The number of carbonyl (C=O) groups excluding carboxylic acids is 2. The summed E-state index contributed by atoms with van der Waals surface area (Å²) in [6, 6.07) is 10.7. The zero-order valence-electron chi connectivity index (χ0n) is 16.2. The lowest BCUT2D eigenvalue weighted by molar-refractivity contribution is -0.116. The Morgan fingerprint density at radius 2 is 1.97 bits per heavy atom. The highest BCUT2D eigenvalue weighted by Gasteiger charge is 2.20. The van der Waals surface area contributed by atoms with Crippen molar-refractivity contribution in [3.63, 3.8) is 0 Å². The first kappa shape index (κ1) is 21.3. The predicted molar refractivity (Wildman–Crippen MR) is 111 cm³/mol. The molecule has 1 saturated heterocycles. The molecule has 1 unspecified atom stereocenters. The SMILES string of the molecule is O=C(CCCNC(=O)c1ccco1)Nc1cccc(CS(=O)C2CCOCC2)c1. The zero-order valence-corrected chi connectivity index (χ0v) is 17.0. The second kappa shape index (κ2) is 10.9. The van der Waals surface area contributed by atoms with Crippen LogP contribution in [-0.4, -0.2) is 41.0 Å². The van der Waals surface area contributed by atoms with E-state index < -0.39 is 10.8 Å². The van der Waals surface area contributed by atoms with Crippen LogP contribution in [0.3, 0.4) is 0 Å². The third-order valence-corrected chi connectivity index (χ3v) is 6.50. The van der Waals surface area contributed by atoms with Gasteiger partial charge < -0.3 is 19.8 Å². The van der Waals surface area contributed by atoms with Crippen LogP contribution in [0.15, 0.2) is 47.1 Å². The van der Waals surface area contributed by atoms with Gasteiger partial charge in [-0.3, -0.25) is 13.8 Å². The second-order valence-corrected chi connectivity index (χ2v) is 8.64. The lowest BCUT2D eigenvalue weighted by Crippen LogP contribution is -2.25. The standard InChI is InChI=1S/C21H26N2O5S/c24-20(7-2-10-22-21(25)19-6-3-11-28-19)23-17-5-1-4-16(14-17)15-29(26)18-8-12-27-13-9-18/h1,3-6,11,14,18H,2,7-10,12-13,15H2,(H,22,25)(H,23,24). The summed E-state index contributed by atoms with van der Waals surface area (Å²) in [6.45, 7) is 1.74. The maximum Gasteiger partial charge on any atom is 0.286 e. The Kier molecular flexibility index (Phi) is 8.01. The van der Waals surface area contributed by atoms with Crippen molar-refractivity contribution in [1.29, 1.82) is 0 Å². The first-order chi connectivity index (χ1) is 14.1. The van der Waals surface area contributed by atoms with Gasteiger partial charge in [0.1, 0.15) is 0 Å². The summed E-state index contributed by atoms with van der Waals surface area (Å²) in [6.07, 6.45) is 3.91. The molecule has 0 spiro atoms. The second-order valence-electron chi connectivity index (χ2n) is 6.92. The van der Waals surface area contributed by atoms with Gasteiger partial charge in [0.15, 0.2) is 5.76 Å².